The lowest BCUT2D eigenvalue weighted by Gasteiger charge is -2.08. The van der Waals surface area contributed by atoms with Crippen LogP contribution in [0.15, 0.2) is 24.3 Å². The second-order valence-electron chi connectivity index (χ2n) is 5.23. The van der Waals surface area contributed by atoms with E-state index in [1.807, 2.05) is 24.3 Å². The van der Waals surface area contributed by atoms with Crippen molar-refractivity contribution >= 4 is 11.8 Å². The van der Waals surface area contributed by atoms with Crippen LogP contribution in [-0.2, 0) is 16.0 Å². The highest BCUT2D eigenvalue weighted by molar-refractivity contribution is 5.98. The predicted octanol–water partition coefficient (Wildman–Crippen LogP) is 4.34. The third-order valence-electron chi connectivity index (χ3n) is 3.47. The molecule has 0 fully saturated rings. The summed E-state index contributed by atoms with van der Waals surface area (Å²) < 4.78 is 4.96. The molecule has 0 bridgehead atoms. The Morgan fingerprint density at radius 3 is 2.43 bits per heavy atom. The number of carbonyl (C=O) groups excluding carboxylic acids is 2. The Morgan fingerprint density at radius 1 is 1.00 bits per heavy atom. The van der Waals surface area contributed by atoms with Crippen molar-refractivity contribution in [3.8, 4) is 0 Å². The first kappa shape index (κ1) is 17.4. The van der Waals surface area contributed by atoms with Crippen molar-refractivity contribution < 1.29 is 14.3 Å². The van der Waals surface area contributed by atoms with E-state index in [2.05, 4.69) is 6.92 Å². The van der Waals surface area contributed by atoms with E-state index in [0.29, 0.717) is 18.6 Å². The van der Waals surface area contributed by atoms with Gasteiger partial charge in [-0.2, -0.15) is 0 Å². The van der Waals surface area contributed by atoms with E-state index < -0.39 is 0 Å². The summed E-state index contributed by atoms with van der Waals surface area (Å²) in [6, 6.07) is 7.34. The molecule has 0 aromatic heterocycles. The largest absolute Gasteiger partial charge is 0.466 e. The molecule has 0 spiro atoms. The molecule has 21 heavy (non-hydrogen) atoms. The van der Waals surface area contributed by atoms with Gasteiger partial charge in [-0.25, -0.2) is 0 Å². The number of hydrogen-bond donors (Lipinski definition) is 0. The zero-order valence-electron chi connectivity index (χ0n) is 13.2. The monoisotopic (exact) mass is 290 g/mol. The lowest BCUT2D eigenvalue weighted by Crippen LogP contribution is -2.11. The molecule has 116 valence electrons. The van der Waals surface area contributed by atoms with Gasteiger partial charge in [0.1, 0.15) is 0 Å². The first-order chi connectivity index (χ1) is 10.2. The topological polar surface area (TPSA) is 43.4 Å². The molecule has 1 aromatic carbocycles. The Labute approximate surface area is 127 Å². The van der Waals surface area contributed by atoms with Gasteiger partial charge in [0.05, 0.1) is 13.0 Å². The Morgan fingerprint density at radius 2 is 1.71 bits per heavy atom. The van der Waals surface area contributed by atoms with Crippen LogP contribution in [0, 0.1) is 0 Å². The fourth-order valence-corrected chi connectivity index (χ4v) is 2.34. The van der Waals surface area contributed by atoms with Crippen LogP contribution in [0.5, 0.6) is 0 Å². The Kier molecular flexibility index (Phi) is 8.41. The number of esters is 1. The minimum Gasteiger partial charge on any atom is -0.466 e. The number of Topliss-reactive ketones (excluding diaryl/α,β-unsaturated/α-hetero) is 1. The van der Waals surface area contributed by atoms with Gasteiger partial charge in [-0.3, -0.25) is 9.59 Å². The summed E-state index contributed by atoms with van der Waals surface area (Å²) in [6.07, 6.45) is 6.37. The van der Waals surface area contributed by atoms with Crippen LogP contribution >= 0.6 is 0 Å². The molecule has 0 aliphatic carbocycles. The smallest absolute Gasteiger partial charge is 0.310 e. The molecule has 0 aliphatic heterocycles. The molecule has 0 saturated heterocycles. The SMILES string of the molecule is CCCCCCCC(=O)c1ccccc1CC(=O)OCC. The summed E-state index contributed by atoms with van der Waals surface area (Å²) >= 11 is 0. The maximum atomic E-state index is 12.3. The highest BCUT2D eigenvalue weighted by Crippen LogP contribution is 2.15. The van der Waals surface area contributed by atoms with Gasteiger partial charge in [0.2, 0.25) is 0 Å². The number of benzene rings is 1. The highest BCUT2D eigenvalue weighted by Gasteiger charge is 2.13. The van der Waals surface area contributed by atoms with E-state index in [1.54, 1.807) is 6.92 Å². The minimum atomic E-state index is -0.277. The molecular weight excluding hydrogens is 264 g/mol. The molecule has 0 saturated carbocycles. The highest BCUT2D eigenvalue weighted by atomic mass is 16.5. The van der Waals surface area contributed by atoms with Gasteiger partial charge >= 0.3 is 5.97 Å². The number of hydrogen-bond acceptors (Lipinski definition) is 3. The van der Waals surface area contributed by atoms with Gasteiger partial charge in [-0.15, -0.1) is 0 Å². The molecule has 0 heterocycles. The normalized spacial score (nSPS) is 10.4. The molecule has 0 amide bonds. The summed E-state index contributed by atoms with van der Waals surface area (Å²) in [5.41, 5.74) is 1.44. The zero-order valence-corrected chi connectivity index (χ0v) is 13.2. The Balaban J connectivity index is 2.56. The summed E-state index contributed by atoms with van der Waals surface area (Å²) in [4.78, 5) is 23.9. The van der Waals surface area contributed by atoms with E-state index >= 15 is 0 Å². The molecule has 0 radical (unpaired) electrons. The molecule has 0 N–H and O–H groups in total. The van der Waals surface area contributed by atoms with E-state index in [4.69, 9.17) is 4.74 Å². The van der Waals surface area contributed by atoms with Crippen LogP contribution in [0.25, 0.3) is 0 Å². The van der Waals surface area contributed by atoms with Crippen molar-refractivity contribution in [3.63, 3.8) is 0 Å². The van der Waals surface area contributed by atoms with Crippen molar-refractivity contribution in [2.75, 3.05) is 6.61 Å². The summed E-state index contributed by atoms with van der Waals surface area (Å²) in [5, 5.41) is 0. The van der Waals surface area contributed by atoms with Gasteiger partial charge in [-0.05, 0) is 18.9 Å². The maximum Gasteiger partial charge on any atom is 0.310 e. The summed E-state index contributed by atoms with van der Waals surface area (Å²) in [5.74, 6) is -0.146. The fraction of sp³-hybridized carbons (Fsp3) is 0.556. The van der Waals surface area contributed by atoms with Gasteiger partial charge in [0.15, 0.2) is 5.78 Å². The van der Waals surface area contributed by atoms with Gasteiger partial charge in [-0.1, -0.05) is 56.9 Å². The third kappa shape index (κ3) is 6.56. The second-order valence-corrected chi connectivity index (χ2v) is 5.23. The number of rotatable bonds is 10. The number of carbonyl (C=O) groups is 2. The van der Waals surface area contributed by atoms with Crippen molar-refractivity contribution in [2.45, 2.75) is 58.8 Å². The summed E-state index contributed by atoms with van der Waals surface area (Å²) in [7, 11) is 0. The molecule has 0 aliphatic rings. The molecular formula is C18H26O3. The fourth-order valence-electron chi connectivity index (χ4n) is 2.34. The van der Waals surface area contributed by atoms with Crippen molar-refractivity contribution in [1.29, 1.82) is 0 Å². The van der Waals surface area contributed by atoms with E-state index in [9.17, 15) is 9.59 Å². The summed E-state index contributed by atoms with van der Waals surface area (Å²) in [6.45, 7) is 4.33. The van der Waals surface area contributed by atoms with Gasteiger partial charge < -0.3 is 4.74 Å². The van der Waals surface area contributed by atoms with Crippen LogP contribution < -0.4 is 0 Å². The van der Waals surface area contributed by atoms with Crippen LogP contribution in [0.2, 0.25) is 0 Å². The molecule has 0 unspecified atom stereocenters. The van der Waals surface area contributed by atoms with Gasteiger partial charge in [0, 0.05) is 12.0 Å². The number of ether oxygens (including phenoxy) is 1. The average Bonchev–Trinajstić information content (AvgIpc) is 2.47. The quantitative estimate of drug-likeness (QED) is 0.366. The Hall–Kier alpha value is -1.64. The maximum absolute atomic E-state index is 12.3. The van der Waals surface area contributed by atoms with Crippen molar-refractivity contribution in [2.24, 2.45) is 0 Å². The number of unbranched alkanes of at least 4 members (excludes halogenated alkanes) is 4. The predicted molar refractivity (Wildman–Crippen MR) is 84.5 cm³/mol. The molecule has 3 heteroatoms. The van der Waals surface area contributed by atoms with E-state index in [1.165, 1.54) is 19.3 Å². The van der Waals surface area contributed by atoms with Gasteiger partial charge in [0.25, 0.3) is 0 Å². The first-order valence-electron chi connectivity index (χ1n) is 7.95. The van der Waals surface area contributed by atoms with Crippen molar-refractivity contribution in [1.82, 2.24) is 0 Å². The van der Waals surface area contributed by atoms with Crippen LogP contribution in [0.1, 0.15) is 68.3 Å². The van der Waals surface area contributed by atoms with Crippen LogP contribution in [0.3, 0.4) is 0 Å². The standard InChI is InChI=1S/C18H26O3/c1-3-5-6-7-8-13-17(19)16-12-10-9-11-15(16)14-18(20)21-4-2/h9-12H,3-8,13-14H2,1-2H3. The van der Waals surface area contributed by atoms with E-state index in [0.717, 1.165) is 18.4 Å². The lowest BCUT2D eigenvalue weighted by atomic mass is 9.97. The molecule has 0 atom stereocenters. The Bertz CT molecular complexity index is 452. The first-order valence-corrected chi connectivity index (χ1v) is 7.95. The van der Waals surface area contributed by atoms with Crippen LogP contribution in [-0.4, -0.2) is 18.4 Å². The minimum absolute atomic E-state index is 0.131. The average molecular weight is 290 g/mol. The number of ketones is 1. The zero-order chi connectivity index (χ0) is 15.5. The van der Waals surface area contributed by atoms with E-state index in [-0.39, 0.29) is 18.2 Å². The molecule has 1 rings (SSSR count). The lowest BCUT2D eigenvalue weighted by molar-refractivity contribution is -0.142. The van der Waals surface area contributed by atoms with Crippen LogP contribution in [0.4, 0.5) is 0 Å². The molecule has 1 aromatic rings. The second kappa shape index (κ2) is 10.1. The third-order valence-corrected chi connectivity index (χ3v) is 3.47. The van der Waals surface area contributed by atoms with Crippen molar-refractivity contribution in [3.05, 3.63) is 35.4 Å². The molecule has 3 nitrogen and oxygen atoms in total.